The molecule has 4 nitrogen and oxygen atoms in total. The first kappa shape index (κ1) is 15.8. The summed E-state index contributed by atoms with van der Waals surface area (Å²) in [7, 11) is 0. The highest BCUT2D eigenvalue weighted by Gasteiger charge is 2.62. The molecule has 0 amide bonds. The fraction of sp³-hybridized carbons (Fsp3) is 0.304. The maximum atomic E-state index is 13.0. The van der Waals surface area contributed by atoms with Crippen molar-refractivity contribution in [2.75, 3.05) is 0 Å². The van der Waals surface area contributed by atoms with Crippen molar-refractivity contribution in [3.05, 3.63) is 71.3 Å². The molecule has 1 aliphatic carbocycles. The van der Waals surface area contributed by atoms with Crippen LogP contribution in [0.15, 0.2) is 65.7 Å². The van der Waals surface area contributed by atoms with E-state index >= 15 is 0 Å². The van der Waals surface area contributed by atoms with E-state index < -0.39 is 54.2 Å². The molecule has 0 spiro atoms. The van der Waals surface area contributed by atoms with E-state index in [1.165, 1.54) is 18.2 Å². The van der Waals surface area contributed by atoms with Gasteiger partial charge in [-0.2, -0.15) is 18.4 Å². The molecule has 3 atom stereocenters. The van der Waals surface area contributed by atoms with E-state index in [1.807, 2.05) is 0 Å². The van der Waals surface area contributed by atoms with Gasteiger partial charge in [-0.1, -0.05) is 61.7 Å². The topological polar surface area (TPSA) is 59.3 Å². The van der Waals surface area contributed by atoms with Crippen molar-refractivity contribution in [1.29, 1.82) is 5.26 Å². The smallest absolute Gasteiger partial charge is 0.426 e. The summed E-state index contributed by atoms with van der Waals surface area (Å²) in [5.74, 6) is -4.70. The van der Waals surface area contributed by atoms with Crippen LogP contribution in [0.5, 0.6) is 11.5 Å². The van der Waals surface area contributed by atoms with Gasteiger partial charge in [0.1, 0.15) is 22.6 Å². The van der Waals surface area contributed by atoms with Crippen LogP contribution in [0.4, 0.5) is 13.2 Å². The number of nitriles is 1. The van der Waals surface area contributed by atoms with Crippen LogP contribution < -0.4 is 4.74 Å². The number of nitrogens with zero attached hydrogens (tertiary/aromatic N) is 1. The number of alkyl halides is 3. The van der Waals surface area contributed by atoms with Gasteiger partial charge >= 0.3 is 12.1 Å². The minimum Gasteiger partial charge on any atom is -0.457 e. The molecule has 0 aliphatic heterocycles. The zero-order valence-corrected chi connectivity index (χ0v) is 16.4. The highest BCUT2D eigenvalue weighted by Crippen LogP contribution is 2.60. The fourth-order valence-corrected chi connectivity index (χ4v) is 3.09. The maximum Gasteiger partial charge on any atom is 0.426 e. The molecule has 1 saturated carbocycles. The number of hydrogen-bond acceptors (Lipinski definition) is 4. The Labute approximate surface area is 191 Å². The summed E-state index contributed by atoms with van der Waals surface area (Å²) in [6.07, 6.45) is -6.52. The van der Waals surface area contributed by atoms with Crippen molar-refractivity contribution >= 4 is 17.6 Å². The van der Waals surface area contributed by atoms with E-state index in [2.05, 4.69) is 0 Å². The van der Waals surface area contributed by atoms with E-state index in [-0.39, 0.29) is 17.4 Å². The van der Waals surface area contributed by atoms with Crippen LogP contribution >= 0.6 is 11.6 Å². The second-order valence-corrected chi connectivity index (χ2v) is 7.23. The number of ether oxygens (including phenoxy) is 2. The molecule has 2 aromatic rings. The van der Waals surface area contributed by atoms with Gasteiger partial charge in [0.05, 0.1) is 5.92 Å². The number of esters is 1. The van der Waals surface area contributed by atoms with Crippen LogP contribution in [0, 0.1) is 28.6 Å². The first-order valence-electron chi connectivity index (χ1n) is 11.9. The standard InChI is InChI=1S/C23H19ClF3NO3/c1-22(2)17(12-19(24)23(25,26)27)20(22)21(29)31-18(13-28)14-7-6-10-16(11-14)30-15-8-4-3-5-9-15/h3-12,17-18,20H,1-2H3/i1D3,2D3. The summed E-state index contributed by atoms with van der Waals surface area (Å²) in [6.45, 7) is -6.78. The van der Waals surface area contributed by atoms with E-state index in [0.717, 1.165) is 0 Å². The van der Waals surface area contributed by atoms with Gasteiger partial charge in [0.25, 0.3) is 0 Å². The van der Waals surface area contributed by atoms with Crippen molar-refractivity contribution in [3.63, 3.8) is 0 Å². The minimum absolute atomic E-state index is 0.110. The van der Waals surface area contributed by atoms with Gasteiger partial charge in [-0.25, -0.2) is 0 Å². The second-order valence-electron chi connectivity index (χ2n) is 6.82. The Bertz CT molecular complexity index is 1210. The predicted molar refractivity (Wildman–Crippen MR) is 108 cm³/mol. The lowest BCUT2D eigenvalue weighted by molar-refractivity contribution is -0.149. The molecule has 8 heteroatoms. The van der Waals surface area contributed by atoms with Gasteiger partial charge in [-0.3, -0.25) is 4.79 Å². The van der Waals surface area contributed by atoms with Gasteiger partial charge in [0.15, 0.2) is 0 Å². The van der Waals surface area contributed by atoms with Gasteiger partial charge in [0, 0.05) is 13.8 Å². The third kappa shape index (κ3) is 5.20. The molecule has 0 aromatic heterocycles. The third-order valence-electron chi connectivity index (χ3n) is 4.61. The molecular weight excluding hydrogens is 431 g/mol. The molecule has 31 heavy (non-hydrogen) atoms. The van der Waals surface area contributed by atoms with E-state index in [0.29, 0.717) is 5.75 Å². The lowest BCUT2D eigenvalue weighted by Gasteiger charge is -2.13. The Kier molecular flexibility index (Phi) is 4.39. The molecule has 3 unspecified atom stereocenters. The summed E-state index contributed by atoms with van der Waals surface area (Å²) in [4.78, 5) is 13.0. The third-order valence-corrected chi connectivity index (χ3v) is 4.95. The molecule has 1 aliphatic rings. The molecule has 3 rings (SSSR count). The molecule has 1 fully saturated rings. The average Bonchev–Trinajstić information content (AvgIpc) is 3.48. The van der Waals surface area contributed by atoms with E-state index in [1.54, 1.807) is 42.5 Å². The highest BCUT2D eigenvalue weighted by atomic mass is 35.5. The molecule has 0 radical (unpaired) electrons. The number of halogens is 4. The lowest BCUT2D eigenvalue weighted by Crippen LogP contribution is -2.14. The first-order chi connectivity index (χ1) is 17.0. The summed E-state index contributed by atoms with van der Waals surface area (Å²) < 4.78 is 96.5. The maximum absolute atomic E-state index is 13.0. The van der Waals surface area contributed by atoms with E-state index in [4.69, 9.17) is 29.3 Å². The van der Waals surface area contributed by atoms with Crippen molar-refractivity contribution in [2.24, 2.45) is 17.3 Å². The number of hydrogen-bond donors (Lipinski definition) is 0. The Morgan fingerprint density at radius 3 is 2.52 bits per heavy atom. The Morgan fingerprint density at radius 2 is 1.90 bits per heavy atom. The summed E-state index contributed by atoms with van der Waals surface area (Å²) in [6, 6.07) is 16.1. The molecule has 2 aromatic carbocycles. The molecule has 0 heterocycles. The number of rotatable bonds is 6. The van der Waals surface area contributed by atoms with E-state index in [9.17, 15) is 23.2 Å². The van der Waals surface area contributed by atoms with Crippen molar-refractivity contribution in [3.8, 4) is 17.6 Å². The number of carbonyl (C=O) groups is 1. The zero-order chi connectivity index (χ0) is 27.8. The van der Waals surface area contributed by atoms with Crippen molar-refractivity contribution in [2.45, 2.75) is 26.0 Å². The van der Waals surface area contributed by atoms with Crippen molar-refractivity contribution in [1.82, 2.24) is 0 Å². The molecule has 0 N–H and O–H groups in total. The Balaban J connectivity index is 1.93. The fourth-order valence-electron chi connectivity index (χ4n) is 2.95. The molecular formula is C23H19ClF3NO3. The van der Waals surface area contributed by atoms with Crippen LogP contribution in [-0.4, -0.2) is 12.1 Å². The molecule has 0 bridgehead atoms. The van der Waals surface area contributed by atoms with Crippen LogP contribution in [0.3, 0.4) is 0 Å². The van der Waals surface area contributed by atoms with Crippen LogP contribution in [0.2, 0.25) is 0 Å². The normalized spacial score (nSPS) is 24.7. The minimum atomic E-state index is -5.10. The number of carbonyl (C=O) groups excluding carboxylic acids is 1. The van der Waals surface area contributed by atoms with Crippen LogP contribution in [0.1, 0.15) is 33.6 Å². The highest BCUT2D eigenvalue weighted by molar-refractivity contribution is 6.30. The van der Waals surface area contributed by atoms with Crippen LogP contribution in [0.25, 0.3) is 0 Å². The largest absolute Gasteiger partial charge is 0.457 e. The van der Waals surface area contributed by atoms with Gasteiger partial charge < -0.3 is 9.47 Å². The second kappa shape index (κ2) is 8.64. The monoisotopic (exact) mass is 455 g/mol. The Morgan fingerprint density at radius 1 is 1.23 bits per heavy atom. The van der Waals surface area contributed by atoms with Gasteiger partial charge in [0.2, 0.25) is 6.10 Å². The summed E-state index contributed by atoms with van der Waals surface area (Å²) in [5.41, 5.74) is -2.78. The molecule has 162 valence electrons. The number of benzene rings is 2. The SMILES string of the molecule is [2H]C([2H])([2H])C1(C([2H])([2H])[2H])C(C=C(Cl)C(F)(F)F)C1C(=O)OC(C#N)c1cccc(Oc2ccccc2)c1. The average molecular weight is 456 g/mol. The quantitative estimate of drug-likeness (QED) is 0.464. The first-order valence-corrected chi connectivity index (χ1v) is 9.29. The lowest BCUT2D eigenvalue weighted by atomic mass is 10.1. The van der Waals surface area contributed by atoms with Gasteiger partial charge in [-0.05, 0) is 35.6 Å². The number of allylic oxidation sites excluding steroid dienone is 2. The molecule has 0 saturated heterocycles. The Hall–Kier alpha value is -2.98. The van der Waals surface area contributed by atoms with Crippen LogP contribution in [-0.2, 0) is 9.53 Å². The zero-order valence-electron chi connectivity index (χ0n) is 21.7. The summed E-state index contributed by atoms with van der Waals surface area (Å²) >= 11 is 5.25. The summed E-state index contributed by atoms with van der Waals surface area (Å²) in [5, 5.41) is 7.84. The van der Waals surface area contributed by atoms with Crippen molar-refractivity contribution < 1.29 is 35.7 Å². The predicted octanol–water partition coefficient (Wildman–Crippen LogP) is 6.54. The number of para-hydroxylation sites is 1. The van der Waals surface area contributed by atoms with Gasteiger partial charge in [-0.15, -0.1) is 0 Å².